The molecule has 4 aromatic rings. The quantitative estimate of drug-likeness (QED) is 0.154. The molecule has 1 fully saturated rings. The van der Waals surface area contributed by atoms with E-state index < -0.39 is 47.3 Å². The van der Waals surface area contributed by atoms with E-state index in [1.807, 2.05) is 0 Å². The Morgan fingerprint density at radius 1 is 0.961 bits per heavy atom. The van der Waals surface area contributed by atoms with Gasteiger partial charge >= 0.3 is 24.3 Å². The van der Waals surface area contributed by atoms with Gasteiger partial charge in [0.2, 0.25) is 5.82 Å². The molecule has 2 heterocycles. The average Bonchev–Trinajstić information content (AvgIpc) is 3.57. The predicted octanol–water partition coefficient (Wildman–Crippen LogP) is 6.52. The minimum absolute atomic E-state index is 0.0212. The van der Waals surface area contributed by atoms with Gasteiger partial charge in [-0.15, -0.1) is 0 Å². The number of halogens is 4. The molecular formula is C35H36F4N6O6. The van der Waals surface area contributed by atoms with Crippen LogP contribution in [0.25, 0.3) is 22.8 Å². The van der Waals surface area contributed by atoms with Gasteiger partial charge in [-0.3, -0.25) is 5.32 Å². The van der Waals surface area contributed by atoms with Crippen LogP contribution in [0.4, 0.5) is 38.5 Å². The number of carbonyl (C=O) groups is 3. The van der Waals surface area contributed by atoms with Gasteiger partial charge in [0, 0.05) is 49.5 Å². The van der Waals surface area contributed by atoms with E-state index in [0.29, 0.717) is 22.5 Å². The molecule has 0 radical (unpaired) electrons. The highest BCUT2D eigenvalue weighted by molar-refractivity contribution is 5.85. The lowest BCUT2D eigenvalue weighted by Gasteiger charge is -2.36. The normalized spacial score (nSPS) is 14.1. The van der Waals surface area contributed by atoms with E-state index in [4.69, 9.17) is 14.0 Å². The van der Waals surface area contributed by atoms with Crippen LogP contribution >= 0.6 is 0 Å². The first-order valence-corrected chi connectivity index (χ1v) is 15.9. The third-order valence-electron chi connectivity index (χ3n) is 7.81. The molecule has 12 nitrogen and oxygen atoms in total. The molecule has 1 saturated heterocycles. The SMILES string of the molecule is COC(=O)C(Cc1ccc(-c2noc(-c3ccc(NC(=O)OC(C)(C)C)cc3)n2)c(F)c1)NC(=O)N1CCN(c2cccc(C(F)(F)F)c2)CC1. The number of nitrogens with one attached hydrogen (secondary N) is 2. The van der Waals surface area contributed by atoms with Gasteiger partial charge in [0.1, 0.15) is 17.5 Å². The fourth-order valence-electron chi connectivity index (χ4n) is 5.29. The number of anilines is 2. The summed E-state index contributed by atoms with van der Waals surface area (Å²) in [6.07, 6.45) is -5.18. The lowest BCUT2D eigenvalue weighted by molar-refractivity contribution is -0.143. The number of esters is 1. The summed E-state index contributed by atoms with van der Waals surface area (Å²) < 4.78 is 70.3. The van der Waals surface area contributed by atoms with E-state index in [1.165, 1.54) is 23.1 Å². The Balaban J connectivity index is 1.19. The van der Waals surface area contributed by atoms with Crippen molar-refractivity contribution < 1.29 is 45.9 Å². The Morgan fingerprint density at radius 3 is 2.29 bits per heavy atom. The molecule has 1 aliphatic heterocycles. The number of alkyl halides is 3. The molecule has 16 heteroatoms. The van der Waals surface area contributed by atoms with Crippen molar-refractivity contribution in [2.45, 2.75) is 45.0 Å². The number of hydrogen-bond donors (Lipinski definition) is 2. The van der Waals surface area contributed by atoms with Gasteiger partial charge in [-0.05, 0) is 80.9 Å². The van der Waals surface area contributed by atoms with Crippen LogP contribution < -0.4 is 15.5 Å². The summed E-state index contributed by atoms with van der Waals surface area (Å²) in [5, 5.41) is 9.15. The first kappa shape index (κ1) is 36.6. The van der Waals surface area contributed by atoms with Crippen molar-refractivity contribution in [1.29, 1.82) is 0 Å². The standard InChI is InChI=1S/C35H36F4N6O6/c1-34(2,3)50-33(48)40-24-11-9-22(10-12-24)30-42-29(43-51-30)26-13-8-21(18-27(26)36)19-28(31(46)49-4)41-32(47)45-16-14-44(15-17-45)25-7-5-6-23(20-25)35(37,38)39/h5-13,18,20,28H,14-17,19H2,1-4H3,(H,40,48)(H,41,47). The monoisotopic (exact) mass is 712 g/mol. The van der Waals surface area contributed by atoms with Crippen LogP contribution in [0.1, 0.15) is 31.9 Å². The summed E-state index contributed by atoms with van der Waals surface area (Å²) in [4.78, 5) is 45.2. The molecule has 0 bridgehead atoms. The van der Waals surface area contributed by atoms with Crippen molar-refractivity contribution in [3.63, 3.8) is 0 Å². The molecule has 1 atom stereocenters. The zero-order valence-corrected chi connectivity index (χ0v) is 28.2. The van der Waals surface area contributed by atoms with E-state index in [2.05, 4.69) is 20.8 Å². The maximum Gasteiger partial charge on any atom is 0.416 e. The van der Waals surface area contributed by atoms with Crippen LogP contribution in [0, 0.1) is 5.82 Å². The number of rotatable bonds is 8. The molecule has 51 heavy (non-hydrogen) atoms. The number of aromatic nitrogens is 2. The number of hydrogen-bond acceptors (Lipinski definition) is 9. The van der Waals surface area contributed by atoms with Gasteiger partial charge in [0.05, 0.1) is 18.2 Å². The highest BCUT2D eigenvalue weighted by Gasteiger charge is 2.32. The third-order valence-corrected chi connectivity index (χ3v) is 7.81. The minimum Gasteiger partial charge on any atom is -0.467 e. The molecule has 1 unspecified atom stereocenters. The number of nitrogens with zero attached hydrogens (tertiary/aromatic N) is 4. The number of piperazine rings is 1. The molecule has 3 amide bonds. The smallest absolute Gasteiger partial charge is 0.416 e. The highest BCUT2D eigenvalue weighted by atomic mass is 19.4. The molecule has 1 aromatic heterocycles. The maximum atomic E-state index is 15.3. The first-order valence-electron chi connectivity index (χ1n) is 15.9. The number of amides is 3. The summed E-state index contributed by atoms with van der Waals surface area (Å²) >= 11 is 0. The third kappa shape index (κ3) is 9.52. The molecule has 5 rings (SSSR count). The van der Waals surface area contributed by atoms with E-state index in [0.717, 1.165) is 19.2 Å². The maximum absolute atomic E-state index is 15.3. The van der Waals surface area contributed by atoms with Crippen LogP contribution in [0.3, 0.4) is 0 Å². The molecule has 0 spiro atoms. The molecule has 1 aliphatic rings. The van der Waals surface area contributed by atoms with Crippen LogP contribution in [0.15, 0.2) is 71.3 Å². The van der Waals surface area contributed by atoms with Gasteiger partial charge < -0.3 is 29.1 Å². The Hall–Kier alpha value is -5.67. The number of carbonyl (C=O) groups excluding carboxylic acids is 3. The van der Waals surface area contributed by atoms with Crippen molar-refractivity contribution in [3.8, 4) is 22.8 Å². The number of benzene rings is 3. The highest BCUT2D eigenvalue weighted by Crippen LogP contribution is 2.32. The summed E-state index contributed by atoms with van der Waals surface area (Å²) in [6, 6.07) is 14.0. The zero-order chi connectivity index (χ0) is 36.9. The van der Waals surface area contributed by atoms with Crippen molar-refractivity contribution in [2.75, 3.05) is 43.5 Å². The molecule has 3 aromatic carbocycles. The van der Waals surface area contributed by atoms with Gasteiger partial charge in [0.25, 0.3) is 5.89 Å². The lowest BCUT2D eigenvalue weighted by Crippen LogP contribution is -2.55. The second kappa shape index (κ2) is 15.1. The fraction of sp³-hybridized carbons (Fsp3) is 0.343. The van der Waals surface area contributed by atoms with E-state index in [1.54, 1.807) is 62.1 Å². The van der Waals surface area contributed by atoms with Crippen molar-refractivity contribution in [1.82, 2.24) is 20.4 Å². The Labute approximate surface area is 290 Å². The zero-order valence-electron chi connectivity index (χ0n) is 28.2. The van der Waals surface area contributed by atoms with Gasteiger partial charge in [0.15, 0.2) is 0 Å². The Bertz CT molecular complexity index is 1870. The Morgan fingerprint density at radius 2 is 1.67 bits per heavy atom. The number of ether oxygens (including phenoxy) is 2. The number of urea groups is 1. The van der Waals surface area contributed by atoms with Crippen LogP contribution in [-0.4, -0.2) is 78.1 Å². The lowest BCUT2D eigenvalue weighted by atomic mass is 10.0. The second-order valence-corrected chi connectivity index (χ2v) is 12.7. The average molecular weight is 713 g/mol. The van der Waals surface area contributed by atoms with Gasteiger partial charge in [-0.25, -0.2) is 18.8 Å². The van der Waals surface area contributed by atoms with Crippen LogP contribution in [-0.2, 0) is 26.9 Å². The predicted molar refractivity (Wildman–Crippen MR) is 178 cm³/mol. The topological polar surface area (TPSA) is 139 Å². The van der Waals surface area contributed by atoms with Crippen molar-refractivity contribution in [2.24, 2.45) is 0 Å². The summed E-state index contributed by atoms with van der Waals surface area (Å²) in [6.45, 7) is 6.20. The fourth-order valence-corrected chi connectivity index (χ4v) is 5.29. The minimum atomic E-state index is -4.47. The van der Waals surface area contributed by atoms with E-state index >= 15 is 4.39 Å². The summed E-state index contributed by atoms with van der Waals surface area (Å²) in [7, 11) is 1.16. The van der Waals surface area contributed by atoms with E-state index in [-0.39, 0.29) is 49.9 Å². The second-order valence-electron chi connectivity index (χ2n) is 12.7. The molecular weight excluding hydrogens is 676 g/mol. The summed E-state index contributed by atoms with van der Waals surface area (Å²) in [5.74, 6) is -1.35. The first-order chi connectivity index (χ1) is 24.1. The van der Waals surface area contributed by atoms with Gasteiger partial charge in [-0.1, -0.05) is 17.3 Å². The van der Waals surface area contributed by atoms with Crippen molar-refractivity contribution >= 4 is 29.5 Å². The molecule has 270 valence electrons. The van der Waals surface area contributed by atoms with E-state index in [9.17, 15) is 27.6 Å². The van der Waals surface area contributed by atoms with Crippen LogP contribution in [0.2, 0.25) is 0 Å². The Kier molecular flexibility index (Phi) is 10.8. The van der Waals surface area contributed by atoms with Crippen molar-refractivity contribution in [3.05, 3.63) is 83.7 Å². The molecule has 0 aliphatic carbocycles. The number of methoxy groups -OCH3 is 1. The molecule has 0 saturated carbocycles. The summed E-state index contributed by atoms with van der Waals surface area (Å²) in [5.41, 5.74) is 0.390. The molecule has 2 N–H and O–H groups in total. The van der Waals surface area contributed by atoms with Gasteiger partial charge in [-0.2, -0.15) is 18.2 Å². The largest absolute Gasteiger partial charge is 0.467 e. The van der Waals surface area contributed by atoms with Crippen LogP contribution in [0.5, 0.6) is 0 Å².